The molecule has 2 saturated carbocycles. The molecule has 0 radical (unpaired) electrons. The Hall–Kier alpha value is -0.980. The molecule has 2 bridgehead atoms. The van der Waals surface area contributed by atoms with Crippen LogP contribution in [0, 0.1) is 11.8 Å². The van der Waals surface area contributed by atoms with Crippen LogP contribution in [-0.2, 0) is 9.47 Å². The molecule has 2 heterocycles. The van der Waals surface area contributed by atoms with E-state index in [0.29, 0.717) is 43.4 Å². The molecule has 6 nitrogen and oxygen atoms in total. The van der Waals surface area contributed by atoms with Crippen LogP contribution < -0.4 is 5.73 Å². The molecule has 1 saturated heterocycles. The Bertz CT molecular complexity index is 456. The molecule has 5 unspecified atom stereocenters. The largest absolute Gasteiger partial charge is 0.376 e. The lowest BCUT2D eigenvalue weighted by molar-refractivity contribution is -0.0941. The van der Waals surface area contributed by atoms with Crippen molar-refractivity contribution in [1.82, 2.24) is 10.1 Å². The molecule has 1 aromatic heterocycles. The SMILES string of the molecule is NC1C2CCC(C2)C1c1nc(C2COCCO2)no1. The summed E-state index contributed by atoms with van der Waals surface area (Å²) in [4.78, 5) is 4.52. The quantitative estimate of drug-likeness (QED) is 0.858. The smallest absolute Gasteiger partial charge is 0.231 e. The second-order valence-corrected chi connectivity index (χ2v) is 5.86. The van der Waals surface area contributed by atoms with Gasteiger partial charge in [0.15, 0.2) is 0 Å². The predicted octanol–water partition coefficient (Wildman–Crippen LogP) is 0.998. The lowest BCUT2D eigenvalue weighted by Gasteiger charge is -2.24. The molecule has 5 atom stereocenters. The maximum atomic E-state index is 6.30. The molecule has 3 aliphatic rings. The highest BCUT2D eigenvalue weighted by Crippen LogP contribution is 2.51. The highest BCUT2D eigenvalue weighted by Gasteiger charge is 2.49. The summed E-state index contributed by atoms with van der Waals surface area (Å²) < 4.78 is 16.4. The van der Waals surface area contributed by atoms with Gasteiger partial charge in [-0.2, -0.15) is 4.98 Å². The van der Waals surface area contributed by atoms with E-state index in [2.05, 4.69) is 10.1 Å². The first kappa shape index (κ1) is 11.8. The Labute approximate surface area is 111 Å². The number of ether oxygens (including phenoxy) is 2. The molecule has 6 heteroatoms. The van der Waals surface area contributed by atoms with Gasteiger partial charge in [-0.1, -0.05) is 5.16 Å². The van der Waals surface area contributed by atoms with Gasteiger partial charge >= 0.3 is 0 Å². The van der Waals surface area contributed by atoms with Crippen LogP contribution in [0.1, 0.15) is 43.0 Å². The average Bonchev–Trinajstić information content (AvgIpc) is 3.14. The fraction of sp³-hybridized carbons (Fsp3) is 0.846. The minimum absolute atomic E-state index is 0.176. The number of nitrogens with zero attached hydrogens (tertiary/aromatic N) is 2. The molecule has 2 N–H and O–H groups in total. The Morgan fingerprint density at radius 1 is 1.16 bits per heavy atom. The van der Waals surface area contributed by atoms with E-state index in [1.54, 1.807) is 0 Å². The first-order valence-corrected chi connectivity index (χ1v) is 7.11. The van der Waals surface area contributed by atoms with E-state index in [-0.39, 0.29) is 18.1 Å². The molecule has 3 fully saturated rings. The summed E-state index contributed by atoms with van der Waals surface area (Å²) in [6, 6.07) is 0.176. The van der Waals surface area contributed by atoms with Crippen molar-refractivity contribution in [1.29, 1.82) is 0 Å². The van der Waals surface area contributed by atoms with Gasteiger partial charge in [0, 0.05) is 6.04 Å². The van der Waals surface area contributed by atoms with Crippen molar-refractivity contribution in [2.45, 2.75) is 37.3 Å². The van der Waals surface area contributed by atoms with Gasteiger partial charge in [-0.05, 0) is 31.1 Å². The topological polar surface area (TPSA) is 83.4 Å². The number of hydrogen-bond acceptors (Lipinski definition) is 6. The van der Waals surface area contributed by atoms with E-state index >= 15 is 0 Å². The molecule has 1 aromatic rings. The molecular weight excluding hydrogens is 246 g/mol. The van der Waals surface area contributed by atoms with Crippen LogP contribution in [0.15, 0.2) is 4.52 Å². The van der Waals surface area contributed by atoms with Crippen molar-refractivity contribution in [3.63, 3.8) is 0 Å². The summed E-state index contributed by atoms with van der Waals surface area (Å²) in [7, 11) is 0. The number of aromatic nitrogens is 2. The van der Waals surface area contributed by atoms with Gasteiger partial charge in [-0.3, -0.25) is 0 Å². The minimum atomic E-state index is -0.193. The predicted molar refractivity (Wildman–Crippen MR) is 65.4 cm³/mol. The maximum absolute atomic E-state index is 6.30. The Morgan fingerprint density at radius 2 is 2.05 bits per heavy atom. The first-order valence-electron chi connectivity index (χ1n) is 7.11. The second kappa shape index (κ2) is 4.54. The van der Waals surface area contributed by atoms with Gasteiger partial charge in [0.1, 0.15) is 6.10 Å². The van der Waals surface area contributed by atoms with Gasteiger partial charge in [0.25, 0.3) is 0 Å². The third kappa shape index (κ3) is 1.89. The molecule has 0 spiro atoms. The first-order chi connectivity index (χ1) is 9.33. The van der Waals surface area contributed by atoms with Crippen LogP contribution in [0.5, 0.6) is 0 Å². The third-order valence-electron chi connectivity index (χ3n) is 4.83. The van der Waals surface area contributed by atoms with Crippen LogP contribution in [0.25, 0.3) is 0 Å². The molecule has 0 aromatic carbocycles. The van der Waals surface area contributed by atoms with Gasteiger partial charge in [0.2, 0.25) is 11.7 Å². The van der Waals surface area contributed by atoms with Gasteiger partial charge in [-0.25, -0.2) is 0 Å². The highest BCUT2D eigenvalue weighted by atomic mass is 16.6. The fourth-order valence-electron chi connectivity index (χ4n) is 3.85. The van der Waals surface area contributed by atoms with Crippen molar-refractivity contribution >= 4 is 0 Å². The molecular formula is C13H19N3O3. The average molecular weight is 265 g/mol. The van der Waals surface area contributed by atoms with E-state index < -0.39 is 0 Å². The fourth-order valence-corrected chi connectivity index (χ4v) is 3.85. The number of nitrogens with two attached hydrogens (primary N) is 1. The van der Waals surface area contributed by atoms with Gasteiger partial charge in [0.05, 0.1) is 25.7 Å². The second-order valence-electron chi connectivity index (χ2n) is 5.86. The Balaban J connectivity index is 1.54. The Morgan fingerprint density at radius 3 is 2.79 bits per heavy atom. The number of rotatable bonds is 2. The molecule has 1 aliphatic heterocycles. The van der Waals surface area contributed by atoms with E-state index in [1.165, 1.54) is 19.3 Å². The number of hydrogen-bond donors (Lipinski definition) is 1. The minimum Gasteiger partial charge on any atom is -0.376 e. The monoisotopic (exact) mass is 265 g/mol. The van der Waals surface area contributed by atoms with Crippen LogP contribution in [0.2, 0.25) is 0 Å². The zero-order valence-corrected chi connectivity index (χ0v) is 10.8. The summed E-state index contributed by atoms with van der Waals surface area (Å²) in [5.41, 5.74) is 6.30. The van der Waals surface area contributed by atoms with Crippen molar-refractivity contribution in [2.75, 3.05) is 19.8 Å². The zero-order chi connectivity index (χ0) is 12.8. The van der Waals surface area contributed by atoms with E-state index in [4.69, 9.17) is 19.7 Å². The summed E-state index contributed by atoms with van der Waals surface area (Å²) in [6.07, 6.45) is 3.51. The summed E-state index contributed by atoms with van der Waals surface area (Å²) in [5.74, 6) is 2.80. The highest BCUT2D eigenvalue weighted by molar-refractivity contribution is 5.12. The maximum Gasteiger partial charge on any atom is 0.231 e. The van der Waals surface area contributed by atoms with Crippen LogP contribution in [-0.4, -0.2) is 36.0 Å². The molecule has 19 heavy (non-hydrogen) atoms. The normalized spacial score (nSPS) is 41.8. The molecule has 2 aliphatic carbocycles. The lowest BCUT2D eigenvalue weighted by atomic mass is 9.85. The van der Waals surface area contributed by atoms with Crippen molar-refractivity contribution in [2.24, 2.45) is 17.6 Å². The number of fused-ring (bicyclic) bond motifs is 2. The Kier molecular flexibility index (Phi) is 2.82. The van der Waals surface area contributed by atoms with Gasteiger partial charge < -0.3 is 19.7 Å². The molecule has 4 rings (SSSR count). The van der Waals surface area contributed by atoms with Crippen molar-refractivity contribution < 1.29 is 14.0 Å². The van der Waals surface area contributed by atoms with E-state index in [9.17, 15) is 0 Å². The van der Waals surface area contributed by atoms with Crippen LogP contribution >= 0.6 is 0 Å². The van der Waals surface area contributed by atoms with Crippen LogP contribution in [0.4, 0.5) is 0 Å². The standard InChI is InChI=1S/C13H19N3O3/c14-11-8-2-1-7(5-8)10(11)13-15-12(16-19-13)9-6-17-3-4-18-9/h7-11H,1-6,14H2. The van der Waals surface area contributed by atoms with Crippen molar-refractivity contribution in [3.8, 4) is 0 Å². The molecule has 0 amide bonds. The third-order valence-corrected chi connectivity index (χ3v) is 4.83. The van der Waals surface area contributed by atoms with E-state index in [1.807, 2.05) is 0 Å². The molecule has 104 valence electrons. The van der Waals surface area contributed by atoms with Crippen molar-refractivity contribution in [3.05, 3.63) is 11.7 Å². The zero-order valence-electron chi connectivity index (χ0n) is 10.8. The van der Waals surface area contributed by atoms with Gasteiger partial charge in [-0.15, -0.1) is 0 Å². The lowest BCUT2D eigenvalue weighted by Crippen LogP contribution is -2.34. The van der Waals surface area contributed by atoms with Crippen LogP contribution in [0.3, 0.4) is 0 Å². The summed E-state index contributed by atoms with van der Waals surface area (Å²) >= 11 is 0. The summed E-state index contributed by atoms with van der Waals surface area (Å²) in [6.45, 7) is 1.72. The van der Waals surface area contributed by atoms with E-state index in [0.717, 1.165) is 0 Å². The summed E-state index contributed by atoms with van der Waals surface area (Å²) in [5, 5.41) is 4.06.